The van der Waals surface area contributed by atoms with Gasteiger partial charge < -0.3 is 8.54 Å². The number of hydrogen-bond acceptors (Lipinski definition) is 2. The highest BCUT2D eigenvalue weighted by Gasteiger charge is 2.35. The van der Waals surface area contributed by atoms with Crippen LogP contribution in [0.15, 0.2) is 0 Å². The molecule has 2 saturated carbocycles. The first-order valence-corrected chi connectivity index (χ1v) is 8.14. The van der Waals surface area contributed by atoms with E-state index in [0.717, 1.165) is 34.8 Å². The summed E-state index contributed by atoms with van der Waals surface area (Å²) in [6.45, 7) is 0.954. The predicted molar refractivity (Wildman–Crippen MR) is 66.9 cm³/mol. The average molecular weight is 243 g/mol. The molecule has 0 aromatic carbocycles. The first-order chi connectivity index (χ1) is 7.42. The Morgan fingerprint density at radius 2 is 1.73 bits per heavy atom. The molecular formula is C11H23O2Si2. The molecule has 0 unspecified atom stereocenters. The summed E-state index contributed by atoms with van der Waals surface area (Å²) >= 11 is 0. The van der Waals surface area contributed by atoms with Gasteiger partial charge in [0.15, 0.2) is 0 Å². The molecule has 2 rings (SSSR count). The van der Waals surface area contributed by atoms with E-state index in [4.69, 9.17) is 8.54 Å². The van der Waals surface area contributed by atoms with Crippen LogP contribution in [0, 0.1) is 17.8 Å². The summed E-state index contributed by atoms with van der Waals surface area (Å²) in [5, 5.41) is 0. The molecule has 0 atom stereocenters. The topological polar surface area (TPSA) is 18.5 Å². The van der Waals surface area contributed by atoms with E-state index in [-0.39, 0.29) is 10.0 Å². The van der Waals surface area contributed by atoms with Crippen molar-refractivity contribution >= 4 is 20.5 Å². The maximum absolute atomic E-state index is 5.55. The lowest BCUT2D eigenvalue weighted by atomic mass is 9.63. The summed E-state index contributed by atoms with van der Waals surface area (Å²) in [7, 11) is 0.689. The van der Waals surface area contributed by atoms with Gasteiger partial charge in [-0.15, -0.1) is 0 Å². The molecule has 15 heavy (non-hydrogen) atoms. The highest BCUT2D eigenvalue weighted by molar-refractivity contribution is 6.27. The van der Waals surface area contributed by atoms with Crippen LogP contribution in [0.3, 0.4) is 0 Å². The molecule has 2 fully saturated rings. The Kier molecular flexibility index (Phi) is 4.87. The molecule has 2 nitrogen and oxygen atoms in total. The normalized spacial score (nSPS) is 23.0. The summed E-state index contributed by atoms with van der Waals surface area (Å²) in [5.74, 6) is 3.08. The van der Waals surface area contributed by atoms with E-state index in [1.165, 1.54) is 44.9 Å². The van der Waals surface area contributed by atoms with Crippen molar-refractivity contribution in [2.45, 2.75) is 44.9 Å². The largest absolute Gasteiger partial charge is 0.446 e. The molecule has 0 aromatic rings. The molecule has 0 spiro atoms. The summed E-state index contributed by atoms with van der Waals surface area (Å²) in [5.41, 5.74) is 0. The molecule has 0 heterocycles. The van der Waals surface area contributed by atoms with Crippen LogP contribution in [0.1, 0.15) is 44.9 Å². The standard InChI is InChI=1S/C11H23O2Si2/c14-13-15-12-8-7-11(9-3-1-4-9)10-5-2-6-10/h9-11,15H,1-8H2,14H3. The molecule has 2 aliphatic rings. The maximum Gasteiger partial charge on any atom is 0.353 e. The van der Waals surface area contributed by atoms with Crippen LogP contribution in [0.25, 0.3) is 0 Å². The Balaban J connectivity index is 1.67. The van der Waals surface area contributed by atoms with E-state index in [9.17, 15) is 0 Å². The van der Waals surface area contributed by atoms with Gasteiger partial charge in [-0.2, -0.15) is 0 Å². The number of rotatable bonds is 7. The van der Waals surface area contributed by atoms with Crippen LogP contribution < -0.4 is 0 Å². The van der Waals surface area contributed by atoms with E-state index >= 15 is 0 Å². The first kappa shape index (κ1) is 11.8. The lowest BCUT2D eigenvalue weighted by Crippen LogP contribution is -2.33. The molecule has 0 bridgehead atoms. The van der Waals surface area contributed by atoms with Gasteiger partial charge in [-0.3, -0.25) is 0 Å². The van der Waals surface area contributed by atoms with Gasteiger partial charge in [0, 0.05) is 6.61 Å². The van der Waals surface area contributed by atoms with Gasteiger partial charge >= 0.3 is 10.0 Å². The Bertz CT molecular complexity index is 167. The van der Waals surface area contributed by atoms with Crippen LogP contribution in [-0.4, -0.2) is 27.1 Å². The van der Waals surface area contributed by atoms with Gasteiger partial charge in [0.25, 0.3) is 0 Å². The van der Waals surface area contributed by atoms with E-state index < -0.39 is 0 Å². The molecule has 0 aromatic heterocycles. The van der Waals surface area contributed by atoms with Crippen molar-refractivity contribution < 1.29 is 8.54 Å². The highest BCUT2D eigenvalue weighted by atomic mass is 28.3. The fourth-order valence-corrected chi connectivity index (χ4v) is 3.69. The van der Waals surface area contributed by atoms with Crippen molar-refractivity contribution in [1.82, 2.24) is 0 Å². The quantitative estimate of drug-likeness (QED) is 0.494. The first-order valence-electron chi connectivity index (χ1n) is 6.38. The lowest BCUT2D eigenvalue weighted by Gasteiger charge is -2.42. The van der Waals surface area contributed by atoms with E-state index in [0.29, 0.717) is 0 Å². The fraction of sp³-hybridized carbons (Fsp3) is 1.00. The van der Waals surface area contributed by atoms with Crippen molar-refractivity contribution in [1.29, 1.82) is 0 Å². The molecule has 0 amide bonds. The Hall–Kier alpha value is 0.354. The molecule has 4 heteroatoms. The van der Waals surface area contributed by atoms with E-state index in [2.05, 4.69) is 0 Å². The average Bonchev–Trinajstić information content (AvgIpc) is 2.06. The van der Waals surface area contributed by atoms with Gasteiger partial charge in [-0.1, -0.05) is 38.5 Å². The van der Waals surface area contributed by atoms with Gasteiger partial charge in [0.05, 0.1) is 0 Å². The zero-order chi connectivity index (χ0) is 10.5. The minimum Gasteiger partial charge on any atom is -0.446 e. The SMILES string of the molecule is [SiH3]O[SiH]OCCC(C1CCC1)C1CCC1. The van der Waals surface area contributed by atoms with Gasteiger partial charge in [0.2, 0.25) is 0 Å². The van der Waals surface area contributed by atoms with Crippen LogP contribution >= 0.6 is 0 Å². The smallest absolute Gasteiger partial charge is 0.353 e. The summed E-state index contributed by atoms with van der Waals surface area (Å²) < 4.78 is 10.7. The zero-order valence-electron chi connectivity index (χ0n) is 9.78. The molecule has 0 saturated heterocycles. The van der Waals surface area contributed by atoms with Crippen LogP contribution in [0.4, 0.5) is 0 Å². The fourth-order valence-electron chi connectivity index (χ4n) is 2.91. The van der Waals surface area contributed by atoms with E-state index in [1.807, 2.05) is 0 Å². The molecule has 1 radical (unpaired) electrons. The van der Waals surface area contributed by atoms with Crippen molar-refractivity contribution in [3.63, 3.8) is 0 Å². The third-order valence-corrected chi connectivity index (χ3v) is 5.39. The second kappa shape index (κ2) is 6.18. The van der Waals surface area contributed by atoms with Crippen molar-refractivity contribution in [3.8, 4) is 0 Å². The zero-order valence-corrected chi connectivity index (χ0v) is 12.9. The number of hydrogen-bond donors (Lipinski definition) is 0. The van der Waals surface area contributed by atoms with Crippen LogP contribution in [0.2, 0.25) is 0 Å². The minimum atomic E-state index is -0.142. The van der Waals surface area contributed by atoms with Crippen LogP contribution in [0.5, 0.6) is 0 Å². The third-order valence-electron chi connectivity index (χ3n) is 4.24. The van der Waals surface area contributed by atoms with E-state index in [1.54, 1.807) is 0 Å². The van der Waals surface area contributed by atoms with Gasteiger partial charge in [0.1, 0.15) is 10.5 Å². The lowest BCUT2D eigenvalue weighted by molar-refractivity contribution is 0.0716. The molecule has 2 aliphatic carbocycles. The molecule has 0 N–H and O–H groups in total. The third kappa shape index (κ3) is 3.15. The summed E-state index contributed by atoms with van der Waals surface area (Å²) in [6.07, 6.45) is 10.2. The van der Waals surface area contributed by atoms with Gasteiger partial charge in [-0.25, -0.2) is 0 Å². The second-order valence-electron chi connectivity index (χ2n) is 5.04. The molecule has 0 aliphatic heterocycles. The van der Waals surface area contributed by atoms with Gasteiger partial charge in [-0.05, 0) is 24.2 Å². The molecule has 87 valence electrons. The maximum atomic E-state index is 5.55. The Morgan fingerprint density at radius 1 is 1.13 bits per heavy atom. The van der Waals surface area contributed by atoms with Crippen LogP contribution in [-0.2, 0) is 8.54 Å². The Labute approximate surface area is 98.7 Å². The summed E-state index contributed by atoms with van der Waals surface area (Å²) in [6, 6.07) is 0. The van der Waals surface area contributed by atoms with Crippen molar-refractivity contribution in [2.75, 3.05) is 6.61 Å². The monoisotopic (exact) mass is 243 g/mol. The minimum absolute atomic E-state index is 0.142. The Morgan fingerprint density at radius 3 is 2.13 bits per heavy atom. The summed E-state index contributed by atoms with van der Waals surface area (Å²) in [4.78, 5) is 0. The predicted octanol–water partition coefficient (Wildman–Crippen LogP) is 1.17. The second-order valence-corrected chi connectivity index (χ2v) is 7.45. The highest BCUT2D eigenvalue weighted by Crippen LogP contribution is 2.45. The van der Waals surface area contributed by atoms with Crippen molar-refractivity contribution in [2.24, 2.45) is 17.8 Å². The van der Waals surface area contributed by atoms with Crippen molar-refractivity contribution in [3.05, 3.63) is 0 Å². The molecular weight excluding hydrogens is 220 g/mol.